The maximum absolute atomic E-state index is 12.3. The maximum atomic E-state index is 12.3. The van der Waals surface area contributed by atoms with Crippen LogP contribution in [0.15, 0.2) is 34.9 Å². The number of anilines is 1. The zero-order valence-corrected chi connectivity index (χ0v) is 13.5. The van der Waals surface area contributed by atoms with E-state index >= 15 is 0 Å². The Labute approximate surface area is 135 Å². The second kappa shape index (κ2) is 8.33. The molecule has 1 aromatic carbocycles. The Bertz CT molecular complexity index is 625. The number of nitrogens with zero attached hydrogens (tertiary/aromatic N) is 1. The minimum atomic E-state index is -0.308. The average molecular weight is 317 g/mol. The van der Waals surface area contributed by atoms with E-state index in [1.807, 2.05) is 37.3 Å². The molecule has 0 saturated carbocycles. The van der Waals surface area contributed by atoms with Crippen molar-refractivity contribution in [2.24, 2.45) is 0 Å². The molecular formula is C17H23N3O3. The Morgan fingerprint density at radius 3 is 2.74 bits per heavy atom. The van der Waals surface area contributed by atoms with Gasteiger partial charge in [0.05, 0.1) is 6.04 Å². The first kappa shape index (κ1) is 17.0. The molecule has 0 aliphatic rings. The lowest BCUT2D eigenvalue weighted by molar-refractivity contribution is 0.243. The highest BCUT2D eigenvalue weighted by Crippen LogP contribution is 2.22. The van der Waals surface area contributed by atoms with Crippen LogP contribution in [0.5, 0.6) is 0 Å². The number of hydrogen-bond acceptors (Lipinski definition) is 4. The third kappa shape index (κ3) is 4.56. The molecule has 0 radical (unpaired) electrons. The van der Waals surface area contributed by atoms with Gasteiger partial charge in [0.2, 0.25) is 0 Å². The van der Waals surface area contributed by atoms with Gasteiger partial charge in [-0.15, -0.1) is 0 Å². The number of aryl methyl sites for hydroxylation is 2. The van der Waals surface area contributed by atoms with Crippen molar-refractivity contribution in [3.05, 3.63) is 47.3 Å². The minimum absolute atomic E-state index is 0.0946. The predicted molar refractivity (Wildman–Crippen MR) is 88.3 cm³/mol. The van der Waals surface area contributed by atoms with Crippen LogP contribution in [-0.4, -0.2) is 22.9 Å². The lowest BCUT2D eigenvalue weighted by atomic mass is 10.0. The third-order valence-corrected chi connectivity index (χ3v) is 3.65. The number of rotatable bonds is 7. The summed E-state index contributed by atoms with van der Waals surface area (Å²) in [6.45, 7) is 3.83. The van der Waals surface area contributed by atoms with Gasteiger partial charge in [-0.25, -0.2) is 4.79 Å². The highest BCUT2D eigenvalue weighted by molar-refractivity contribution is 5.90. The molecule has 1 aromatic heterocycles. The van der Waals surface area contributed by atoms with Gasteiger partial charge in [0.1, 0.15) is 11.4 Å². The van der Waals surface area contributed by atoms with E-state index in [2.05, 4.69) is 15.8 Å². The standard InChI is InChI=1S/C17H23N3O3/c1-3-15-16(12(2)20-23-15)19-17(22)18-14(10-7-11-21)13-8-5-4-6-9-13/h4-6,8-9,14,21H,3,7,10-11H2,1-2H3,(H2,18,19,22). The van der Waals surface area contributed by atoms with Crippen molar-refractivity contribution in [2.75, 3.05) is 11.9 Å². The molecule has 0 saturated heterocycles. The summed E-state index contributed by atoms with van der Waals surface area (Å²) in [6.07, 6.45) is 1.94. The van der Waals surface area contributed by atoms with Crippen molar-refractivity contribution >= 4 is 11.7 Å². The van der Waals surface area contributed by atoms with E-state index in [0.717, 1.165) is 5.56 Å². The van der Waals surface area contributed by atoms with E-state index in [1.54, 1.807) is 6.92 Å². The molecule has 0 bridgehead atoms. The minimum Gasteiger partial charge on any atom is -0.396 e. The number of aliphatic hydroxyl groups excluding tert-OH is 1. The Hall–Kier alpha value is -2.34. The van der Waals surface area contributed by atoms with Gasteiger partial charge >= 0.3 is 6.03 Å². The quantitative estimate of drug-likeness (QED) is 0.732. The van der Waals surface area contributed by atoms with Gasteiger partial charge in [0, 0.05) is 13.0 Å². The number of nitrogens with one attached hydrogen (secondary N) is 2. The summed E-state index contributed by atoms with van der Waals surface area (Å²) in [7, 11) is 0. The fourth-order valence-electron chi connectivity index (χ4n) is 2.43. The number of aliphatic hydroxyl groups is 1. The van der Waals surface area contributed by atoms with Gasteiger partial charge in [-0.1, -0.05) is 42.4 Å². The first-order chi connectivity index (χ1) is 11.2. The molecule has 2 amide bonds. The van der Waals surface area contributed by atoms with Crippen LogP contribution in [-0.2, 0) is 6.42 Å². The average Bonchev–Trinajstić information content (AvgIpc) is 2.92. The second-order valence-electron chi connectivity index (χ2n) is 5.35. The van der Waals surface area contributed by atoms with E-state index in [1.165, 1.54) is 0 Å². The first-order valence-electron chi connectivity index (χ1n) is 7.84. The van der Waals surface area contributed by atoms with Crippen LogP contribution in [0.4, 0.5) is 10.5 Å². The van der Waals surface area contributed by atoms with Gasteiger partial charge in [-0.2, -0.15) is 0 Å². The SMILES string of the molecule is CCc1onc(C)c1NC(=O)NC(CCCO)c1ccccc1. The molecule has 0 aliphatic heterocycles. The normalized spacial score (nSPS) is 12.0. The van der Waals surface area contributed by atoms with Crippen molar-refractivity contribution in [3.63, 3.8) is 0 Å². The van der Waals surface area contributed by atoms with Gasteiger partial charge in [-0.05, 0) is 25.3 Å². The first-order valence-corrected chi connectivity index (χ1v) is 7.84. The Morgan fingerprint density at radius 1 is 1.35 bits per heavy atom. The van der Waals surface area contributed by atoms with Gasteiger partial charge < -0.3 is 20.3 Å². The van der Waals surface area contributed by atoms with Crippen molar-refractivity contribution < 1.29 is 14.4 Å². The molecule has 0 fully saturated rings. The van der Waals surface area contributed by atoms with Gasteiger partial charge in [-0.3, -0.25) is 0 Å². The second-order valence-corrected chi connectivity index (χ2v) is 5.35. The largest absolute Gasteiger partial charge is 0.396 e. The molecule has 2 rings (SSSR count). The predicted octanol–water partition coefficient (Wildman–Crippen LogP) is 3.18. The van der Waals surface area contributed by atoms with Crippen LogP contribution in [0, 0.1) is 6.92 Å². The topological polar surface area (TPSA) is 87.4 Å². The number of carbonyl (C=O) groups is 1. The molecule has 124 valence electrons. The van der Waals surface area contributed by atoms with Gasteiger partial charge in [0.15, 0.2) is 5.76 Å². The number of hydrogen-bond donors (Lipinski definition) is 3. The summed E-state index contributed by atoms with van der Waals surface area (Å²) in [5, 5.41) is 18.7. The van der Waals surface area contributed by atoms with E-state index < -0.39 is 0 Å². The van der Waals surface area contributed by atoms with E-state index in [-0.39, 0.29) is 18.7 Å². The van der Waals surface area contributed by atoms with Crippen molar-refractivity contribution in [1.29, 1.82) is 0 Å². The summed E-state index contributed by atoms with van der Waals surface area (Å²) in [4.78, 5) is 12.3. The maximum Gasteiger partial charge on any atom is 0.319 e. The van der Waals surface area contributed by atoms with Crippen molar-refractivity contribution in [3.8, 4) is 0 Å². The molecule has 1 atom stereocenters. The number of benzene rings is 1. The molecular weight excluding hydrogens is 294 g/mol. The molecule has 1 unspecified atom stereocenters. The summed E-state index contributed by atoms with van der Waals surface area (Å²) >= 11 is 0. The molecule has 1 heterocycles. The van der Waals surface area contributed by atoms with E-state index in [9.17, 15) is 4.79 Å². The smallest absolute Gasteiger partial charge is 0.319 e. The summed E-state index contributed by atoms with van der Waals surface area (Å²) in [5.41, 5.74) is 2.29. The number of urea groups is 1. The molecule has 0 spiro atoms. The molecule has 2 aromatic rings. The molecule has 23 heavy (non-hydrogen) atoms. The lowest BCUT2D eigenvalue weighted by Gasteiger charge is -2.19. The monoisotopic (exact) mass is 317 g/mol. The lowest BCUT2D eigenvalue weighted by Crippen LogP contribution is -2.33. The molecule has 3 N–H and O–H groups in total. The zero-order valence-electron chi connectivity index (χ0n) is 13.5. The van der Waals surface area contributed by atoms with Crippen LogP contribution in [0.3, 0.4) is 0 Å². The number of carbonyl (C=O) groups excluding carboxylic acids is 1. The summed E-state index contributed by atoms with van der Waals surface area (Å²) in [5.74, 6) is 0.657. The number of amides is 2. The highest BCUT2D eigenvalue weighted by Gasteiger charge is 2.18. The highest BCUT2D eigenvalue weighted by atomic mass is 16.5. The Balaban J connectivity index is 2.06. The van der Waals surface area contributed by atoms with Crippen LogP contribution in [0.25, 0.3) is 0 Å². The summed E-state index contributed by atoms with van der Waals surface area (Å²) < 4.78 is 5.17. The fourth-order valence-corrected chi connectivity index (χ4v) is 2.43. The van der Waals surface area contributed by atoms with E-state index in [0.29, 0.717) is 36.4 Å². The molecule has 6 nitrogen and oxygen atoms in total. The van der Waals surface area contributed by atoms with Crippen molar-refractivity contribution in [2.45, 2.75) is 39.2 Å². The van der Waals surface area contributed by atoms with Crippen LogP contribution in [0.2, 0.25) is 0 Å². The van der Waals surface area contributed by atoms with Crippen LogP contribution in [0.1, 0.15) is 42.8 Å². The van der Waals surface area contributed by atoms with Crippen LogP contribution < -0.4 is 10.6 Å². The zero-order chi connectivity index (χ0) is 16.7. The van der Waals surface area contributed by atoms with Crippen LogP contribution >= 0.6 is 0 Å². The molecule has 0 aliphatic carbocycles. The van der Waals surface area contributed by atoms with Crippen molar-refractivity contribution in [1.82, 2.24) is 10.5 Å². The fraction of sp³-hybridized carbons (Fsp3) is 0.412. The van der Waals surface area contributed by atoms with Gasteiger partial charge in [0.25, 0.3) is 0 Å². The third-order valence-electron chi connectivity index (χ3n) is 3.65. The van der Waals surface area contributed by atoms with E-state index in [4.69, 9.17) is 9.63 Å². The number of aromatic nitrogens is 1. The molecule has 6 heteroatoms. The Morgan fingerprint density at radius 2 is 2.09 bits per heavy atom. The Kier molecular flexibility index (Phi) is 6.17. The summed E-state index contributed by atoms with van der Waals surface area (Å²) in [6, 6.07) is 9.25.